The van der Waals surface area contributed by atoms with Crippen LogP contribution in [0.5, 0.6) is 5.75 Å². The summed E-state index contributed by atoms with van der Waals surface area (Å²) in [5, 5.41) is 18.6. The Bertz CT molecular complexity index is 1510. The van der Waals surface area contributed by atoms with Crippen molar-refractivity contribution in [3.63, 3.8) is 0 Å². The molecule has 34 heavy (non-hydrogen) atoms. The third-order valence-electron chi connectivity index (χ3n) is 5.64. The molecule has 9 heteroatoms. The monoisotopic (exact) mass is 457 g/mol. The Morgan fingerprint density at radius 1 is 1.12 bits per heavy atom. The van der Waals surface area contributed by atoms with E-state index in [0.717, 1.165) is 16.7 Å². The highest BCUT2D eigenvalue weighted by Crippen LogP contribution is 2.26. The van der Waals surface area contributed by atoms with Crippen molar-refractivity contribution in [1.29, 1.82) is 0 Å². The molecule has 172 valence electrons. The Morgan fingerprint density at radius 3 is 2.68 bits per heavy atom. The van der Waals surface area contributed by atoms with E-state index in [0.29, 0.717) is 40.7 Å². The lowest BCUT2D eigenvalue weighted by Gasteiger charge is -2.04. The summed E-state index contributed by atoms with van der Waals surface area (Å²) in [6, 6.07) is 15.4. The molecule has 0 aliphatic heterocycles. The summed E-state index contributed by atoms with van der Waals surface area (Å²) in [6.45, 7) is 1.82. The van der Waals surface area contributed by atoms with Gasteiger partial charge in [0.25, 0.3) is 5.56 Å². The first-order chi connectivity index (χ1) is 16.6. The molecule has 0 aliphatic rings. The third kappa shape index (κ3) is 4.08. The molecule has 5 aromatic rings. The van der Waals surface area contributed by atoms with Crippen LogP contribution >= 0.6 is 0 Å². The number of aliphatic hydroxyl groups is 1. The van der Waals surface area contributed by atoms with Gasteiger partial charge in [0.05, 0.1) is 19.4 Å². The molecule has 0 spiro atoms. The lowest BCUT2D eigenvalue weighted by atomic mass is 10.1. The molecule has 3 heterocycles. The molecular weight excluding hydrogens is 434 g/mol. The normalized spacial score (nSPS) is 11.3. The molecule has 0 amide bonds. The molecule has 0 bridgehead atoms. The first kappa shape index (κ1) is 21.6. The largest absolute Gasteiger partial charge is 0.497 e. The molecule has 0 atom stereocenters. The van der Waals surface area contributed by atoms with Crippen molar-refractivity contribution in [2.75, 3.05) is 7.11 Å². The summed E-state index contributed by atoms with van der Waals surface area (Å²) in [5.41, 5.74) is 4.01. The van der Waals surface area contributed by atoms with Crippen LogP contribution in [0.1, 0.15) is 28.4 Å². The predicted molar refractivity (Wildman–Crippen MR) is 125 cm³/mol. The minimum atomic E-state index is -0.328. The molecule has 0 saturated carbocycles. The Balaban J connectivity index is 1.45. The number of fused-ring (bicyclic) bond motifs is 1. The van der Waals surface area contributed by atoms with Crippen molar-refractivity contribution in [3.8, 4) is 17.0 Å². The average Bonchev–Trinajstić information content (AvgIpc) is 3.45. The molecule has 0 fully saturated rings. The van der Waals surface area contributed by atoms with Crippen LogP contribution in [-0.4, -0.2) is 36.5 Å². The van der Waals surface area contributed by atoms with Crippen molar-refractivity contribution in [2.24, 2.45) is 0 Å². The number of benzene rings is 2. The fourth-order valence-electron chi connectivity index (χ4n) is 3.98. The second kappa shape index (κ2) is 8.95. The van der Waals surface area contributed by atoms with Crippen LogP contribution in [-0.2, 0) is 19.6 Å². The molecule has 9 nitrogen and oxygen atoms in total. The van der Waals surface area contributed by atoms with Crippen LogP contribution in [0.15, 0.2) is 70.2 Å². The van der Waals surface area contributed by atoms with Crippen molar-refractivity contribution in [3.05, 3.63) is 99.7 Å². The quantitative estimate of drug-likeness (QED) is 0.400. The molecule has 2 aromatic carbocycles. The van der Waals surface area contributed by atoms with Crippen molar-refractivity contribution in [1.82, 2.24) is 24.3 Å². The van der Waals surface area contributed by atoms with Gasteiger partial charge in [-0.25, -0.2) is 4.52 Å². The highest BCUT2D eigenvalue weighted by atomic mass is 16.5. The van der Waals surface area contributed by atoms with Crippen molar-refractivity contribution in [2.45, 2.75) is 26.5 Å². The summed E-state index contributed by atoms with van der Waals surface area (Å²) in [6.07, 6.45) is 3.83. The number of methoxy groups -OCH3 is 1. The van der Waals surface area contributed by atoms with Gasteiger partial charge < -0.3 is 18.9 Å². The van der Waals surface area contributed by atoms with E-state index in [1.54, 1.807) is 19.5 Å². The Labute approximate surface area is 194 Å². The SMILES string of the molecule is COc1ccc(-c2nn3ccn(Cc4nc(Cc5cccc(C)c5)no4)c(=O)c3c2CO)cc1. The van der Waals surface area contributed by atoms with Crippen LogP contribution in [0.4, 0.5) is 0 Å². The molecule has 0 saturated heterocycles. The number of aromatic nitrogens is 5. The lowest BCUT2D eigenvalue weighted by Crippen LogP contribution is -2.22. The van der Waals surface area contributed by atoms with Gasteiger partial charge in [-0.3, -0.25) is 4.79 Å². The van der Waals surface area contributed by atoms with Gasteiger partial charge in [-0.2, -0.15) is 10.1 Å². The number of hydrogen-bond donors (Lipinski definition) is 1. The maximum atomic E-state index is 13.3. The van der Waals surface area contributed by atoms with Gasteiger partial charge in [-0.15, -0.1) is 0 Å². The first-order valence-corrected chi connectivity index (χ1v) is 10.8. The second-order valence-corrected chi connectivity index (χ2v) is 8.01. The number of ether oxygens (including phenoxy) is 1. The zero-order valence-electron chi connectivity index (χ0n) is 18.8. The zero-order valence-corrected chi connectivity index (χ0v) is 18.8. The van der Waals surface area contributed by atoms with Gasteiger partial charge in [0.1, 0.15) is 17.8 Å². The maximum Gasteiger partial charge on any atom is 0.277 e. The fourth-order valence-corrected chi connectivity index (χ4v) is 3.98. The van der Waals surface area contributed by atoms with Crippen molar-refractivity contribution < 1.29 is 14.4 Å². The molecule has 1 N–H and O–H groups in total. The Kier molecular flexibility index (Phi) is 5.69. The van der Waals surface area contributed by atoms with Gasteiger partial charge in [0.15, 0.2) is 5.82 Å². The molecule has 3 aromatic heterocycles. The number of rotatable bonds is 7. The van der Waals surface area contributed by atoms with Gasteiger partial charge in [0.2, 0.25) is 5.89 Å². The zero-order chi connectivity index (χ0) is 23.7. The number of aliphatic hydroxyl groups excluding tert-OH is 1. The fraction of sp³-hybridized carbons (Fsp3) is 0.200. The van der Waals surface area contributed by atoms with E-state index in [2.05, 4.69) is 21.3 Å². The number of aryl methyl sites for hydroxylation is 1. The Hall–Kier alpha value is -4.24. The van der Waals surface area contributed by atoms with Gasteiger partial charge >= 0.3 is 0 Å². The third-order valence-corrected chi connectivity index (χ3v) is 5.64. The van der Waals surface area contributed by atoms with Crippen LogP contribution in [0.3, 0.4) is 0 Å². The van der Waals surface area contributed by atoms with E-state index in [9.17, 15) is 9.90 Å². The summed E-state index contributed by atoms with van der Waals surface area (Å²) in [5.74, 6) is 1.59. The van der Waals surface area contributed by atoms with E-state index in [-0.39, 0.29) is 18.7 Å². The van der Waals surface area contributed by atoms with Crippen LogP contribution in [0.25, 0.3) is 16.8 Å². The predicted octanol–water partition coefficient (Wildman–Crippen LogP) is 2.99. The minimum absolute atomic E-state index is 0.115. The summed E-state index contributed by atoms with van der Waals surface area (Å²) < 4.78 is 13.5. The topological polar surface area (TPSA) is 108 Å². The van der Waals surface area contributed by atoms with Gasteiger partial charge in [0, 0.05) is 29.9 Å². The summed E-state index contributed by atoms with van der Waals surface area (Å²) >= 11 is 0. The van der Waals surface area contributed by atoms with E-state index >= 15 is 0 Å². The molecule has 0 aliphatic carbocycles. The Morgan fingerprint density at radius 2 is 1.94 bits per heavy atom. The molecular formula is C25H23N5O4. The van der Waals surface area contributed by atoms with Gasteiger partial charge in [-0.05, 0) is 36.8 Å². The number of hydrogen-bond acceptors (Lipinski definition) is 7. The van der Waals surface area contributed by atoms with Crippen LogP contribution in [0, 0.1) is 6.92 Å². The second-order valence-electron chi connectivity index (χ2n) is 8.01. The smallest absolute Gasteiger partial charge is 0.277 e. The minimum Gasteiger partial charge on any atom is -0.497 e. The molecule has 0 radical (unpaired) electrons. The van der Waals surface area contributed by atoms with E-state index in [4.69, 9.17) is 9.26 Å². The van der Waals surface area contributed by atoms with Crippen LogP contribution < -0.4 is 10.3 Å². The lowest BCUT2D eigenvalue weighted by molar-refractivity contribution is 0.283. The maximum absolute atomic E-state index is 13.3. The van der Waals surface area contributed by atoms with Crippen LogP contribution in [0.2, 0.25) is 0 Å². The highest BCUT2D eigenvalue weighted by molar-refractivity contribution is 5.72. The van der Waals surface area contributed by atoms with E-state index in [1.807, 2.05) is 49.4 Å². The molecule has 5 rings (SSSR count). The van der Waals surface area contributed by atoms with Crippen molar-refractivity contribution >= 4 is 5.52 Å². The summed E-state index contributed by atoms with van der Waals surface area (Å²) in [7, 11) is 1.59. The first-order valence-electron chi connectivity index (χ1n) is 10.8. The average molecular weight is 457 g/mol. The van der Waals surface area contributed by atoms with E-state index in [1.165, 1.54) is 9.08 Å². The highest BCUT2D eigenvalue weighted by Gasteiger charge is 2.19. The molecule has 0 unspecified atom stereocenters. The van der Waals surface area contributed by atoms with Gasteiger partial charge in [-0.1, -0.05) is 35.0 Å². The van der Waals surface area contributed by atoms with E-state index < -0.39 is 0 Å². The number of nitrogens with zero attached hydrogens (tertiary/aromatic N) is 5. The standard InChI is InChI=1S/C25H23N5O4/c1-16-4-3-5-17(12-16)13-21-26-22(34-28-21)14-29-10-11-30-24(25(29)32)20(15-31)23(27-30)18-6-8-19(33-2)9-7-18/h3-12,31H,13-15H2,1-2H3. The summed E-state index contributed by atoms with van der Waals surface area (Å²) in [4.78, 5) is 17.7.